The number of nitrogens with one attached hydrogen (secondary N) is 1. The van der Waals surface area contributed by atoms with Crippen molar-refractivity contribution < 1.29 is 9.59 Å². The number of ketones is 1. The second-order valence-electron chi connectivity index (χ2n) is 6.40. The molecule has 0 saturated heterocycles. The Balaban J connectivity index is 1.80. The molecule has 1 aliphatic heterocycles. The SMILES string of the molecule is CC1(C)Nc2ccccc2N(CCC(=O)c2ccc(Br)cc2)C1=O. The van der Waals surface area contributed by atoms with Crippen molar-refractivity contribution >= 4 is 39.0 Å². The van der Waals surface area contributed by atoms with Gasteiger partial charge in [0.2, 0.25) is 0 Å². The second kappa shape index (κ2) is 6.40. The molecule has 0 bridgehead atoms. The van der Waals surface area contributed by atoms with E-state index in [1.807, 2.05) is 50.2 Å². The molecule has 2 aromatic carbocycles. The summed E-state index contributed by atoms with van der Waals surface area (Å²) in [6.45, 7) is 4.08. The van der Waals surface area contributed by atoms with E-state index in [4.69, 9.17) is 0 Å². The Morgan fingerprint density at radius 2 is 1.79 bits per heavy atom. The lowest BCUT2D eigenvalue weighted by molar-refractivity contribution is -0.122. The summed E-state index contributed by atoms with van der Waals surface area (Å²) in [7, 11) is 0. The van der Waals surface area contributed by atoms with Gasteiger partial charge >= 0.3 is 0 Å². The van der Waals surface area contributed by atoms with Crippen LogP contribution in [0.4, 0.5) is 11.4 Å². The number of halogens is 1. The van der Waals surface area contributed by atoms with Gasteiger partial charge in [0.15, 0.2) is 5.78 Å². The predicted molar refractivity (Wildman–Crippen MR) is 99.6 cm³/mol. The quantitative estimate of drug-likeness (QED) is 0.798. The fourth-order valence-electron chi connectivity index (χ4n) is 2.87. The van der Waals surface area contributed by atoms with Crippen LogP contribution in [-0.4, -0.2) is 23.8 Å². The number of fused-ring (bicyclic) bond motifs is 1. The van der Waals surface area contributed by atoms with Crippen molar-refractivity contribution in [2.75, 3.05) is 16.8 Å². The maximum Gasteiger partial charge on any atom is 0.252 e. The van der Waals surface area contributed by atoms with E-state index < -0.39 is 5.54 Å². The molecule has 2 aromatic rings. The molecule has 24 heavy (non-hydrogen) atoms. The summed E-state index contributed by atoms with van der Waals surface area (Å²) in [4.78, 5) is 26.9. The number of nitrogens with zero attached hydrogens (tertiary/aromatic N) is 1. The maximum atomic E-state index is 12.7. The van der Waals surface area contributed by atoms with Gasteiger partial charge in [-0.2, -0.15) is 0 Å². The van der Waals surface area contributed by atoms with Gasteiger partial charge in [0.1, 0.15) is 5.54 Å². The van der Waals surface area contributed by atoms with Crippen LogP contribution in [0, 0.1) is 0 Å². The summed E-state index contributed by atoms with van der Waals surface area (Å²) in [5, 5.41) is 3.26. The van der Waals surface area contributed by atoms with Crippen molar-refractivity contribution in [3.63, 3.8) is 0 Å². The molecule has 0 fully saturated rings. The Bertz CT molecular complexity index is 784. The molecule has 0 spiro atoms. The Hall–Kier alpha value is -2.14. The number of benzene rings is 2. The van der Waals surface area contributed by atoms with Crippen LogP contribution >= 0.6 is 15.9 Å². The zero-order chi connectivity index (χ0) is 17.3. The first-order valence-electron chi connectivity index (χ1n) is 7.86. The largest absolute Gasteiger partial charge is 0.370 e. The molecule has 0 aliphatic carbocycles. The summed E-state index contributed by atoms with van der Waals surface area (Å²) in [6.07, 6.45) is 0.289. The zero-order valence-corrected chi connectivity index (χ0v) is 15.3. The van der Waals surface area contributed by atoms with Gasteiger partial charge in [0.25, 0.3) is 5.91 Å². The highest BCUT2D eigenvalue weighted by atomic mass is 79.9. The molecule has 5 heteroatoms. The summed E-state index contributed by atoms with van der Waals surface area (Å²) >= 11 is 3.36. The van der Waals surface area contributed by atoms with Crippen LogP contribution in [0.15, 0.2) is 53.0 Å². The number of para-hydroxylation sites is 2. The standard InChI is InChI=1S/C19H19BrN2O2/c1-19(2)18(24)22(16-6-4-3-5-15(16)21-19)12-11-17(23)13-7-9-14(20)10-8-13/h3-10,21H,11-12H2,1-2H3. The molecule has 1 heterocycles. The van der Waals surface area contributed by atoms with Crippen LogP contribution in [0.5, 0.6) is 0 Å². The van der Waals surface area contributed by atoms with E-state index in [0.717, 1.165) is 15.8 Å². The van der Waals surface area contributed by atoms with Crippen molar-refractivity contribution in [1.82, 2.24) is 0 Å². The highest BCUT2D eigenvalue weighted by molar-refractivity contribution is 9.10. The minimum Gasteiger partial charge on any atom is -0.370 e. The zero-order valence-electron chi connectivity index (χ0n) is 13.7. The first-order valence-corrected chi connectivity index (χ1v) is 8.66. The first-order chi connectivity index (χ1) is 11.4. The summed E-state index contributed by atoms with van der Waals surface area (Å²) in [5.41, 5.74) is 1.71. The summed E-state index contributed by atoms with van der Waals surface area (Å²) in [6, 6.07) is 15.0. The molecular weight excluding hydrogens is 368 g/mol. The number of carbonyl (C=O) groups excluding carboxylic acids is 2. The van der Waals surface area contributed by atoms with Gasteiger partial charge in [-0.15, -0.1) is 0 Å². The minimum absolute atomic E-state index is 0.0233. The van der Waals surface area contributed by atoms with Crippen LogP contribution in [0.2, 0.25) is 0 Å². The average Bonchev–Trinajstić information content (AvgIpc) is 2.55. The minimum atomic E-state index is -0.686. The molecule has 0 atom stereocenters. The molecule has 0 unspecified atom stereocenters. The molecule has 0 aromatic heterocycles. The second-order valence-corrected chi connectivity index (χ2v) is 7.32. The van der Waals surface area contributed by atoms with Crippen molar-refractivity contribution in [3.05, 3.63) is 58.6 Å². The molecule has 1 amide bonds. The number of anilines is 2. The monoisotopic (exact) mass is 386 g/mol. The third-order valence-corrected chi connectivity index (χ3v) is 4.68. The van der Waals surface area contributed by atoms with E-state index in [0.29, 0.717) is 12.1 Å². The van der Waals surface area contributed by atoms with E-state index in [-0.39, 0.29) is 18.1 Å². The van der Waals surface area contributed by atoms with Gasteiger partial charge in [0, 0.05) is 23.0 Å². The van der Waals surface area contributed by atoms with Gasteiger partial charge in [0.05, 0.1) is 11.4 Å². The van der Waals surface area contributed by atoms with Crippen molar-refractivity contribution in [2.45, 2.75) is 25.8 Å². The predicted octanol–water partition coefficient (Wildman–Crippen LogP) is 4.26. The molecule has 1 aliphatic rings. The number of carbonyl (C=O) groups is 2. The van der Waals surface area contributed by atoms with Gasteiger partial charge in [-0.05, 0) is 38.1 Å². The van der Waals surface area contributed by atoms with E-state index in [9.17, 15) is 9.59 Å². The van der Waals surface area contributed by atoms with Gasteiger partial charge < -0.3 is 10.2 Å². The van der Waals surface area contributed by atoms with Crippen LogP contribution in [0.3, 0.4) is 0 Å². The summed E-state index contributed by atoms with van der Waals surface area (Å²) in [5.74, 6) is 0.00826. The Labute approximate surface area is 150 Å². The number of amides is 1. The van der Waals surface area contributed by atoms with Crippen LogP contribution in [0.1, 0.15) is 30.6 Å². The highest BCUT2D eigenvalue weighted by Gasteiger charge is 2.38. The maximum absolute atomic E-state index is 12.7. The summed E-state index contributed by atoms with van der Waals surface area (Å²) < 4.78 is 0.937. The molecule has 3 rings (SSSR count). The smallest absolute Gasteiger partial charge is 0.252 e. The van der Waals surface area contributed by atoms with E-state index >= 15 is 0 Å². The Morgan fingerprint density at radius 1 is 1.12 bits per heavy atom. The molecule has 124 valence electrons. The molecule has 0 radical (unpaired) electrons. The number of hydrogen-bond acceptors (Lipinski definition) is 3. The van der Waals surface area contributed by atoms with Crippen molar-refractivity contribution in [3.8, 4) is 0 Å². The third-order valence-electron chi connectivity index (χ3n) is 4.15. The van der Waals surface area contributed by atoms with Crippen molar-refractivity contribution in [2.24, 2.45) is 0 Å². The highest BCUT2D eigenvalue weighted by Crippen LogP contribution is 2.35. The molecule has 0 saturated carbocycles. The number of rotatable bonds is 4. The van der Waals surface area contributed by atoms with Gasteiger partial charge in [-0.1, -0.05) is 40.2 Å². The normalized spacial score (nSPS) is 15.6. The lowest BCUT2D eigenvalue weighted by atomic mass is 9.97. The van der Waals surface area contributed by atoms with E-state index in [1.165, 1.54) is 0 Å². The lowest BCUT2D eigenvalue weighted by Gasteiger charge is -2.39. The first kappa shape index (κ1) is 16.7. The van der Waals surface area contributed by atoms with Crippen LogP contribution < -0.4 is 10.2 Å². The fraction of sp³-hybridized carbons (Fsp3) is 0.263. The molecular formula is C19H19BrN2O2. The Morgan fingerprint density at radius 3 is 2.50 bits per heavy atom. The van der Waals surface area contributed by atoms with Gasteiger partial charge in [-0.3, -0.25) is 9.59 Å². The molecule has 4 nitrogen and oxygen atoms in total. The molecule has 1 N–H and O–H groups in total. The average molecular weight is 387 g/mol. The lowest BCUT2D eigenvalue weighted by Crippen LogP contribution is -2.54. The number of hydrogen-bond donors (Lipinski definition) is 1. The number of Topliss-reactive ketones (excluding diaryl/α,β-unsaturated/α-hetero) is 1. The van der Waals surface area contributed by atoms with Crippen molar-refractivity contribution in [1.29, 1.82) is 0 Å². The fourth-order valence-corrected chi connectivity index (χ4v) is 3.13. The third kappa shape index (κ3) is 3.22. The topological polar surface area (TPSA) is 49.4 Å². The van der Waals surface area contributed by atoms with E-state index in [1.54, 1.807) is 17.0 Å². The van der Waals surface area contributed by atoms with Gasteiger partial charge in [-0.25, -0.2) is 0 Å². The van der Waals surface area contributed by atoms with Crippen LogP contribution in [0.25, 0.3) is 0 Å². The van der Waals surface area contributed by atoms with Crippen LogP contribution in [-0.2, 0) is 4.79 Å². The Kier molecular flexibility index (Phi) is 4.45. The van der Waals surface area contributed by atoms with E-state index in [2.05, 4.69) is 21.2 Å².